The first kappa shape index (κ1) is 14.3. The number of furan rings is 1. The van der Waals surface area contributed by atoms with Crippen LogP contribution < -0.4 is 5.32 Å². The van der Waals surface area contributed by atoms with Crippen molar-refractivity contribution in [3.05, 3.63) is 51.7 Å². The fourth-order valence-corrected chi connectivity index (χ4v) is 3.35. The van der Waals surface area contributed by atoms with Gasteiger partial charge < -0.3 is 9.73 Å². The Bertz CT molecular complexity index is 729. The van der Waals surface area contributed by atoms with Crippen LogP contribution in [0.25, 0.3) is 11.0 Å². The molecule has 0 bridgehead atoms. The van der Waals surface area contributed by atoms with Gasteiger partial charge in [0.25, 0.3) is 0 Å². The van der Waals surface area contributed by atoms with E-state index in [4.69, 9.17) is 4.42 Å². The molecule has 0 saturated carbocycles. The van der Waals surface area contributed by atoms with Crippen LogP contribution in [0.15, 0.2) is 34.9 Å². The first-order chi connectivity index (χ1) is 10.3. The fraction of sp³-hybridized carbons (Fsp3) is 0.353. The molecule has 21 heavy (non-hydrogen) atoms. The number of hydrogen-bond donors (Lipinski definition) is 1. The third-order valence-electron chi connectivity index (χ3n) is 3.63. The van der Waals surface area contributed by atoms with Crippen LogP contribution in [0, 0.1) is 0 Å². The molecule has 4 heteroatoms. The first-order valence-electron chi connectivity index (χ1n) is 7.45. The minimum Gasteiger partial charge on any atom is -0.461 e. The second-order valence-electron chi connectivity index (χ2n) is 5.03. The van der Waals surface area contributed by atoms with E-state index in [1.807, 2.05) is 18.3 Å². The number of rotatable bonds is 6. The van der Waals surface area contributed by atoms with E-state index in [0.717, 1.165) is 42.3 Å². The maximum absolute atomic E-state index is 5.92. The SMILES string of the molecule is CCc1cnc(CNCc2c(CC)oc3ccccc23)s1. The summed E-state index contributed by atoms with van der Waals surface area (Å²) in [6, 6.07) is 8.25. The van der Waals surface area contributed by atoms with E-state index < -0.39 is 0 Å². The van der Waals surface area contributed by atoms with Crippen molar-refractivity contribution in [1.82, 2.24) is 10.3 Å². The quantitative estimate of drug-likeness (QED) is 0.737. The summed E-state index contributed by atoms with van der Waals surface area (Å²) in [6.45, 7) is 5.93. The van der Waals surface area contributed by atoms with E-state index in [0.29, 0.717) is 0 Å². The van der Waals surface area contributed by atoms with Crippen molar-refractivity contribution < 1.29 is 4.42 Å². The van der Waals surface area contributed by atoms with Crippen LogP contribution in [-0.4, -0.2) is 4.98 Å². The van der Waals surface area contributed by atoms with Gasteiger partial charge in [-0.3, -0.25) is 0 Å². The lowest BCUT2D eigenvalue weighted by Gasteiger charge is -2.03. The summed E-state index contributed by atoms with van der Waals surface area (Å²) in [6.07, 6.45) is 3.96. The summed E-state index contributed by atoms with van der Waals surface area (Å²) in [5, 5.41) is 5.86. The molecule has 1 aromatic carbocycles. The van der Waals surface area contributed by atoms with Gasteiger partial charge in [-0.15, -0.1) is 11.3 Å². The summed E-state index contributed by atoms with van der Waals surface area (Å²) < 4.78 is 5.92. The summed E-state index contributed by atoms with van der Waals surface area (Å²) in [4.78, 5) is 5.79. The van der Waals surface area contributed by atoms with Gasteiger partial charge in [-0.25, -0.2) is 4.98 Å². The van der Waals surface area contributed by atoms with Gasteiger partial charge in [0.05, 0.1) is 0 Å². The molecule has 0 atom stereocenters. The number of aryl methyl sites for hydroxylation is 2. The van der Waals surface area contributed by atoms with Gasteiger partial charge in [0.15, 0.2) is 0 Å². The molecule has 3 nitrogen and oxygen atoms in total. The third-order valence-corrected chi connectivity index (χ3v) is 4.77. The van der Waals surface area contributed by atoms with E-state index >= 15 is 0 Å². The Balaban J connectivity index is 1.72. The lowest BCUT2D eigenvalue weighted by molar-refractivity contribution is 0.544. The van der Waals surface area contributed by atoms with Crippen molar-refractivity contribution in [1.29, 1.82) is 0 Å². The highest BCUT2D eigenvalue weighted by Gasteiger charge is 2.12. The Kier molecular flexibility index (Phi) is 4.36. The van der Waals surface area contributed by atoms with E-state index in [-0.39, 0.29) is 0 Å². The molecule has 0 aliphatic rings. The summed E-state index contributed by atoms with van der Waals surface area (Å²) in [5.74, 6) is 1.08. The Labute approximate surface area is 129 Å². The average Bonchev–Trinajstić information content (AvgIpc) is 3.12. The molecule has 0 radical (unpaired) electrons. The molecule has 1 N–H and O–H groups in total. The van der Waals surface area contributed by atoms with Gasteiger partial charge in [0.2, 0.25) is 0 Å². The molecule has 0 spiro atoms. The van der Waals surface area contributed by atoms with Crippen LogP contribution in [-0.2, 0) is 25.9 Å². The highest BCUT2D eigenvalue weighted by atomic mass is 32.1. The standard InChI is InChI=1S/C17H20N2OS/c1-3-12-9-19-17(21-12)11-18-10-14-13-7-5-6-8-16(13)20-15(14)4-2/h5-9,18H,3-4,10-11H2,1-2H3. The molecule has 0 aliphatic carbocycles. The van der Waals surface area contributed by atoms with Gasteiger partial charge in [0, 0.05) is 41.5 Å². The molecule has 0 saturated heterocycles. The Hall–Kier alpha value is -1.65. The van der Waals surface area contributed by atoms with Crippen LogP contribution in [0.3, 0.4) is 0 Å². The van der Waals surface area contributed by atoms with Crippen molar-refractivity contribution in [2.24, 2.45) is 0 Å². The van der Waals surface area contributed by atoms with Gasteiger partial charge in [0.1, 0.15) is 16.4 Å². The van der Waals surface area contributed by atoms with Gasteiger partial charge >= 0.3 is 0 Å². The van der Waals surface area contributed by atoms with Crippen LogP contribution in [0.2, 0.25) is 0 Å². The minimum absolute atomic E-state index is 0.813. The number of nitrogens with zero attached hydrogens (tertiary/aromatic N) is 1. The molecule has 0 amide bonds. The highest BCUT2D eigenvalue weighted by Crippen LogP contribution is 2.26. The molecular formula is C17H20N2OS. The second kappa shape index (κ2) is 6.41. The number of para-hydroxylation sites is 1. The summed E-state index contributed by atoms with van der Waals surface area (Å²) in [5.41, 5.74) is 2.26. The highest BCUT2D eigenvalue weighted by molar-refractivity contribution is 7.11. The maximum atomic E-state index is 5.92. The summed E-state index contributed by atoms with van der Waals surface area (Å²) in [7, 11) is 0. The Morgan fingerprint density at radius 2 is 2.00 bits per heavy atom. The lowest BCUT2D eigenvalue weighted by Crippen LogP contribution is -2.13. The van der Waals surface area contributed by atoms with Crippen molar-refractivity contribution in [2.45, 2.75) is 39.8 Å². The summed E-state index contributed by atoms with van der Waals surface area (Å²) >= 11 is 1.79. The maximum Gasteiger partial charge on any atom is 0.134 e. The number of thiazole rings is 1. The van der Waals surface area contributed by atoms with Gasteiger partial charge in [-0.05, 0) is 12.5 Å². The van der Waals surface area contributed by atoms with Gasteiger partial charge in [-0.1, -0.05) is 32.0 Å². The van der Waals surface area contributed by atoms with E-state index in [1.165, 1.54) is 15.8 Å². The topological polar surface area (TPSA) is 38.1 Å². The normalized spacial score (nSPS) is 11.3. The zero-order valence-corrected chi connectivity index (χ0v) is 13.3. The number of nitrogens with one attached hydrogen (secondary N) is 1. The molecule has 0 fully saturated rings. The first-order valence-corrected chi connectivity index (χ1v) is 8.27. The zero-order valence-electron chi connectivity index (χ0n) is 12.5. The van der Waals surface area contributed by atoms with Crippen molar-refractivity contribution >= 4 is 22.3 Å². The molecule has 0 unspecified atom stereocenters. The average molecular weight is 300 g/mol. The third kappa shape index (κ3) is 3.01. The van der Waals surface area contributed by atoms with Crippen LogP contribution in [0.5, 0.6) is 0 Å². The molecule has 0 aliphatic heterocycles. The zero-order chi connectivity index (χ0) is 14.7. The largest absolute Gasteiger partial charge is 0.461 e. The molecule has 3 rings (SSSR count). The monoisotopic (exact) mass is 300 g/mol. The van der Waals surface area contributed by atoms with Crippen LogP contribution in [0.4, 0.5) is 0 Å². The molecule has 2 heterocycles. The van der Waals surface area contributed by atoms with E-state index in [2.05, 4.69) is 36.3 Å². The Morgan fingerprint density at radius 1 is 1.14 bits per heavy atom. The number of hydrogen-bond acceptors (Lipinski definition) is 4. The lowest BCUT2D eigenvalue weighted by atomic mass is 10.1. The minimum atomic E-state index is 0.813. The predicted molar refractivity (Wildman–Crippen MR) is 87.6 cm³/mol. The fourth-order valence-electron chi connectivity index (χ4n) is 2.52. The number of benzene rings is 1. The van der Waals surface area contributed by atoms with Crippen molar-refractivity contribution in [3.63, 3.8) is 0 Å². The molecule has 2 aromatic heterocycles. The number of aromatic nitrogens is 1. The van der Waals surface area contributed by atoms with Gasteiger partial charge in [-0.2, -0.15) is 0 Å². The van der Waals surface area contributed by atoms with Crippen molar-refractivity contribution in [3.8, 4) is 0 Å². The molecular weight excluding hydrogens is 280 g/mol. The van der Waals surface area contributed by atoms with Crippen molar-refractivity contribution in [2.75, 3.05) is 0 Å². The Morgan fingerprint density at radius 3 is 2.76 bits per heavy atom. The van der Waals surface area contributed by atoms with Crippen LogP contribution >= 0.6 is 11.3 Å². The number of fused-ring (bicyclic) bond motifs is 1. The predicted octanol–water partition coefficient (Wildman–Crippen LogP) is 4.30. The van der Waals surface area contributed by atoms with Crippen LogP contribution in [0.1, 0.15) is 35.1 Å². The molecule has 3 aromatic rings. The van der Waals surface area contributed by atoms with E-state index in [9.17, 15) is 0 Å². The smallest absolute Gasteiger partial charge is 0.134 e. The van der Waals surface area contributed by atoms with E-state index in [1.54, 1.807) is 11.3 Å². The second-order valence-corrected chi connectivity index (χ2v) is 6.23. The molecule has 110 valence electrons.